The van der Waals surface area contributed by atoms with E-state index in [1.165, 1.54) is 0 Å². The summed E-state index contributed by atoms with van der Waals surface area (Å²) in [7, 11) is 3.17. The van der Waals surface area contributed by atoms with Gasteiger partial charge < -0.3 is 9.47 Å². The Hall–Kier alpha value is -2.58. The molecule has 0 saturated carbocycles. The van der Waals surface area contributed by atoms with E-state index < -0.39 is 6.04 Å². The Morgan fingerprint density at radius 3 is 2.71 bits per heavy atom. The Morgan fingerprint density at radius 2 is 2.10 bits per heavy atom. The van der Waals surface area contributed by atoms with Crippen molar-refractivity contribution in [3.05, 3.63) is 53.9 Å². The predicted molar refractivity (Wildman–Crippen MR) is 79.0 cm³/mol. The molecular formula is C16H17N3O2. The molecule has 1 atom stereocenters. The third-order valence-corrected chi connectivity index (χ3v) is 3.09. The summed E-state index contributed by atoms with van der Waals surface area (Å²) < 4.78 is 10.5. The number of aromatic nitrogens is 1. The Balaban J connectivity index is 2.19. The molecule has 0 aliphatic carbocycles. The van der Waals surface area contributed by atoms with Crippen LogP contribution in [0.2, 0.25) is 0 Å². The topological polar surface area (TPSA) is 67.2 Å². The smallest absolute Gasteiger partial charge is 0.125 e. The highest BCUT2D eigenvalue weighted by Crippen LogP contribution is 2.29. The second-order valence-electron chi connectivity index (χ2n) is 4.37. The van der Waals surface area contributed by atoms with Crippen molar-refractivity contribution >= 4 is 0 Å². The highest BCUT2D eigenvalue weighted by atomic mass is 16.5. The van der Waals surface area contributed by atoms with E-state index in [1.54, 1.807) is 38.6 Å². The first-order valence-corrected chi connectivity index (χ1v) is 6.53. The van der Waals surface area contributed by atoms with Gasteiger partial charge in [-0.25, -0.2) is 0 Å². The summed E-state index contributed by atoms with van der Waals surface area (Å²) in [6.45, 7) is 0.499. The molecule has 1 N–H and O–H groups in total. The zero-order valence-electron chi connectivity index (χ0n) is 12.0. The molecule has 0 aliphatic heterocycles. The summed E-state index contributed by atoms with van der Waals surface area (Å²) in [5, 5.41) is 12.6. The van der Waals surface area contributed by atoms with Gasteiger partial charge in [-0.3, -0.25) is 10.3 Å². The van der Waals surface area contributed by atoms with Gasteiger partial charge in [0.25, 0.3) is 0 Å². The van der Waals surface area contributed by atoms with E-state index in [4.69, 9.17) is 9.47 Å². The van der Waals surface area contributed by atoms with E-state index in [-0.39, 0.29) is 0 Å². The van der Waals surface area contributed by atoms with Crippen LogP contribution in [0.3, 0.4) is 0 Å². The van der Waals surface area contributed by atoms with E-state index in [0.717, 1.165) is 11.3 Å². The van der Waals surface area contributed by atoms with Gasteiger partial charge >= 0.3 is 0 Å². The Labute approximate surface area is 124 Å². The number of methoxy groups -OCH3 is 2. The summed E-state index contributed by atoms with van der Waals surface area (Å²) in [6.07, 6.45) is 1.73. The first-order chi connectivity index (χ1) is 10.3. The normalized spacial score (nSPS) is 11.5. The summed E-state index contributed by atoms with van der Waals surface area (Å²) >= 11 is 0. The van der Waals surface area contributed by atoms with Crippen LogP contribution in [0.15, 0.2) is 42.6 Å². The van der Waals surface area contributed by atoms with Crippen molar-refractivity contribution < 1.29 is 9.47 Å². The van der Waals surface area contributed by atoms with Crippen LogP contribution in [0.1, 0.15) is 17.3 Å². The number of hydrogen-bond acceptors (Lipinski definition) is 5. The Bertz CT molecular complexity index is 623. The molecule has 0 aliphatic rings. The van der Waals surface area contributed by atoms with Crippen molar-refractivity contribution in [1.29, 1.82) is 5.26 Å². The molecule has 1 aromatic carbocycles. The lowest BCUT2D eigenvalue weighted by Gasteiger charge is -2.16. The molecular weight excluding hydrogens is 266 g/mol. The highest BCUT2D eigenvalue weighted by Gasteiger charge is 2.16. The Morgan fingerprint density at radius 1 is 1.24 bits per heavy atom. The van der Waals surface area contributed by atoms with E-state index in [0.29, 0.717) is 18.0 Å². The van der Waals surface area contributed by atoms with Gasteiger partial charge in [-0.2, -0.15) is 5.26 Å². The zero-order valence-corrected chi connectivity index (χ0v) is 12.0. The molecule has 0 amide bonds. The van der Waals surface area contributed by atoms with Crippen LogP contribution in [0.25, 0.3) is 0 Å². The number of benzene rings is 1. The van der Waals surface area contributed by atoms with Crippen molar-refractivity contribution in [2.45, 2.75) is 12.6 Å². The Kier molecular flexibility index (Phi) is 5.13. The molecule has 2 rings (SSSR count). The lowest BCUT2D eigenvalue weighted by molar-refractivity contribution is 0.394. The summed E-state index contributed by atoms with van der Waals surface area (Å²) in [5.41, 5.74) is 1.62. The molecule has 108 valence electrons. The molecule has 1 unspecified atom stereocenters. The summed E-state index contributed by atoms with van der Waals surface area (Å²) in [5.74, 6) is 1.33. The quantitative estimate of drug-likeness (QED) is 0.882. The van der Waals surface area contributed by atoms with E-state index in [2.05, 4.69) is 16.4 Å². The maximum atomic E-state index is 9.41. The summed E-state index contributed by atoms with van der Waals surface area (Å²) in [4.78, 5) is 4.23. The van der Waals surface area contributed by atoms with Crippen LogP contribution in [-0.2, 0) is 6.54 Å². The first-order valence-electron chi connectivity index (χ1n) is 6.53. The van der Waals surface area contributed by atoms with Crippen molar-refractivity contribution in [2.24, 2.45) is 0 Å². The fraction of sp³-hybridized carbons (Fsp3) is 0.250. The van der Waals surface area contributed by atoms with Crippen LogP contribution < -0.4 is 14.8 Å². The molecule has 21 heavy (non-hydrogen) atoms. The fourth-order valence-electron chi connectivity index (χ4n) is 2.00. The van der Waals surface area contributed by atoms with Crippen LogP contribution in [0, 0.1) is 11.3 Å². The van der Waals surface area contributed by atoms with E-state index in [9.17, 15) is 5.26 Å². The van der Waals surface area contributed by atoms with Crippen molar-refractivity contribution in [3.63, 3.8) is 0 Å². The summed E-state index contributed by atoms with van der Waals surface area (Å²) in [6, 6.07) is 12.8. The number of rotatable bonds is 6. The van der Waals surface area contributed by atoms with Crippen molar-refractivity contribution in [1.82, 2.24) is 10.3 Å². The van der Waals surface area contributed by atoms with Gasteiger partial charge in [0.05, 0.1) is 26.0 Å². The van der Waals surface area contributed by atoms with Crippen molar-refractivity contribution in [2.75, 3.05) is 14.2 Å². The number of ether oxygens (including phenoxy) is 2. The molecule has 5 heteroatoms. The minimum atomic E-state index is -0.503. The second kappa shape index (κ2) is 7.27. The number of nitrogens with zero attached hydrogens (tertiary/aromatic N) is 2. The number of nitriles is 1. The van der Waals surface area contributed by atoms with Gasteiger partial charge in [0.15, 0.2) is 0 Å². The predicted octanol–water partition coefficient (Wildman–Crippen LogP) is 2.45. The third kappa shape index (κ3) is 3.71. The van der Waals surface area contributed by atoms with Crippen LogP contribution in [0.4, 0.5) is 0 Å². The largest absolute Gasteiger partial charge is 0.497 e. The SMILES string of the molecule is COc1ccc(OC)c(C(C#N)NCc2ccccn2)c1. The lowest BCUT2D eigenvalue weighted by atomic mass is 10.1. The molecule has 1 aromatic heterocycles. The third-order valence-electron chi connectivity index (χ3n) is 3.09. The monoisotopic (exact) mass is 283 g/mol. The average Bonchev–Trinajstić information content (AvgIpc) is 2.56. The first kappa shape index (κ1) is 14.8. The van der Waals surface area contributed by atoms with Crippen LogP contribution in [0.5, 0.6) is 11.5 Å². The molecule has 0 saturated heterocycles. The average molecular weight is 283 g/mol. The van der Waals surface area contributed by atoms with Gasteiger partial charge in [-0.1, -0.05) is 6.07 Å². The molecule has 5 nitrogen and oxygen atoms in total. The van der Waals surface area contributed by atoms with E-state index in [1.807, 2.05) is 18.2 Å². The standard InChI is InChI=1S/C16H17N3O2/c1-20-13-6-7-16(21-2)14(9-13)15(10-17)19-11-12-5-3-4-8-18-12/h3-9,15,19H,11H2,1-2H3. The number of pyridine rings is 1. The molecule has 1 heterocycles. The maximum Gasteiger partial charge on any atom is 0.125 e. The second-order valence-corrected chi connectivity index (χ2v) is 4.37. The molecule has 0 bridgehead atoms. The van der Waals surface area contributed by atoms with Gasteiger partial charge in [-0.05, 0) is 30.3 Å². The maximum absolute atomic E-state index is 9.41. The zero-order chi connectivity index (χ0) is 15.1. The van der Waals surface area contributed by atoms with E-state index >= 15 is 0 Å². The molecule has 2 aromatic rings. The van der Waals surface area contributed by atoms with Crippen LogP contribution in [-0.4, -0.2) is 19.2 Å². The van der Waals surface area contributed by atoms with Gasteiger partial charge in [-0.15, -0.1) is 0 Å². The molecule has 0 spiro atoms. The minimum Gasteiger partial charge on any atom is -0.497 e. The van der Waals surface area contributed by atoms with Gasteiger partial charge in [0, 0.05) is 18.3 Å². The van der Waals surface area contributed by atoms with Gasteiger partial charge in [0.1, 0.15) is 17.5 Å². The lowest BCUT2D eigenvalue weighted by Crippen LogP contribution is -2.20. The van der Waals surface area contributed by atoms with Gasteiger partial charge in [0.2, 0.25) is 0 Å². The molecule has 0 radical (unpaired) electrons. The molecule has 0 fully saturated rings. The van der Waals surface area contributed by atoms with Crippen molar-refractivity contribution in [3.8, 4) is 17.6 Å². The number of nitrogens with one attached hydrogen (secondary N) is 1. The fourth-order valence-corrected chi connectivity index (χ4v) is 2.00. The van der Waals surface area contributed by atoms with Crippen LogP contribution >= 0.6 is 0 Å². The number of hydrogen-bond donors (Lipinski definition) is 1. The highest BCUT2D eigenvalue weighted by molar-refractivity contribution is 5.44. The minimum absolute atomic E-state index is 0.499.